The van der Waals surface area contributed by atoms with Crippen LogP contribution in [0.4, 0.5) is 5.69 Å². The average molecular weight is 250 g/mol. The molecule has 1 aromatic heterocycles. The van der Waals surface area contributed by atoms with Crippen LogP contribution in [0.15, 0.2) is 6.20 Å². The van der Waals surface area contributed by atoms with Crippen molar-refractivity contribution in [3.05, 3.63) is 17.7 Å². The lowest BCUT2D eigenvalue weighted by Gasteiger charge is -2.14. The van der Waals surface area contributed by atoms with E-state index in [2.05, 4.69) is 20.6 Å². The number of carbonyl (C=O) groups excluding carboxylic acids is 1. The largest absolute Gasteiger partial charge is 0.382 e. The number of amides is 1. The van der Waals surface area contributed by atoms with Crippen LogP contribution in [-0.4, -0.2) is 28.5 Å². The van der Waals surface area contributed by atoms with Crippen molar-refractivity contribution >= 4 is 11.6 Å². The number of rotatable bonds is 5. The molecule has 0 saturated heterocycles. The van der Waals surface area contributed by atoms with Crippen LogP contribution in [0.5, 0.6) is 0 Å². The number of hydrogen-bond donors (Lipinski definition) is 2. The third-order valence-electron chi connectivity index (χ3n) is 2.33. The molecule has 1 amide bonds. The Morgan fingerprint density at radius 3 is 2.50 bits per heavy atom. The summed E-state index contributed by atoms with van der Waals surface area (Å²) in [5.74, 6) is 0.724. The summed E-state index contributed by atoms with van der Waals surface area (Å²) in [7, 11) is 0. The quantitative estimate of drug-likeness (QED) is 0.840. The Labute approximate surface area is 108 Å². The van der Waals surface area contributed by atoms with E-state index in [0.717, 1.165) is 6.54 Å². The van der Waals surface area contributed by atoms with Gasteiger partial charge in [-0.1, -0.05) is 13.8 Å². The van der Waals surface area contributed by atoms with Gasteiger partial charge in [0.25, 0.3) is 5.91 Å². The fourth-order valence-corrected chi connectivity index (χ4v) is 1.50. The molecule has 0 unspecified atom stereocenters. The van der Waals surface area contributed by atoms with Crippen molar-refractivity contribution in [2.24, 2.45) is 0 Å². The van der Waals surface area contributed by atoms with E-state index in [1.807, 2.05) is 34.6 Å². The third-order valence-corrected chi connectivity index (χ3v) is 2.33. The van der Waals surface area contributed by atoms with Gasteiger partial charge < -0.3 is 10.6 Å². The maximum Gasteiger partial charge on any atom is 0.272 e. The Balaban J connectivity index is 3.10. The van der Waals surface area contributed by atoms with Gasteiger partial charge in [-0.05, 0) is 20.8 Å². The zero-order valence-corrected chi connectivity index (χ0v) is 11.7. The Morgan fingerprint density at radius 2 is 2.00 bits per heavy atom. The highest BCUT2D eigenvalue weighted by Crippen LogP contribution is 2.16. The first kappa shape index (κ1) is 14.4. The van der Waals surface area contributed by atoms with Crippen molar-refractivity contribution in [1.82, 2.24) is 15.3 Å². The van der Waals surface area contributed by atoms with Gasteiger partial charge in [0.1, 0.15) is 5.82 Å². The molecule has 5 heteroatoms. The Kier molecular flexibility index (Phi) is 5.07. The fraction of sp³-hybridized carbons (Fsp3) is 0.615. The van der Waals surface area contributed by atoms with Crippen LogP contribution in [0, 0.1) is 0 Å². The minimum atomic E-state index is -0.162. The van der Waals surface area contributed by atoms with E-state index in [-0.39, 0.29) is 17.9 Å². The van der Waals surface area contributed by atoms with Crippen LogP contribution in [0.2, 0.25) is 0 Å². The van der Waals surface area contributed by atoms with E-state index in [1.165, 1.54) is 0 Å². The van der Waals surface area contributed by atoms with Crippen LogP contribution in [0.25, 0.3) is 0 Å². The molecule has 0 bridgehead atoms. The lowest BCUT2D eigenvalue weighted by atomic mass is 10.2. The van der Waals surface area contributed by atoms with Crippen molar-refractivity contribution in [3.63, 3.8) is 0 Å². The van der Waals surface area contributed by atoms with Crippen molar-refractivity contribution in [1.29, 1.82) is 0 Å². The van der Waals surface area contributed by atoms with Gasteiger partial charge in [-0.25, -0.2) is 9.97 Å². The van der Waals surface area contributed by atoms with Crippen molar-refractivity contribution in [3.8, 4) is 0 Å². The molecule has 0 aromatic carbocycles. The van der Waals surface area contributed by atoms with Gasteiger partial charge in [-0.3, -0.25) is 4.79 Å². The predicted molar refractivity (Wildman–Crippen MR) is 72.9 cm³/mol. The van der Waals surface area contributed by atoms with Gasteiger partial charge in [-0.2, -0.15) is 0 Å². The van der Waals surface area contributed by atoms with Crippen molar-refractivity contribution < 1.29 is 4.79 Å². The van der Waals surface area contributed by atoms with E-state index in [1.54, 1.807) is 6.20 Å². The van der Waals surface area contributed by atoms with Gasteiger partial charge in [0.15, 0.2) is 5.69 Å². The lowest BCUT2D eigenvalue weighted by Crippen LogP contribution is -2.32. The highest BCUT2D eigenvalue weighted by Gasteiger charge is 2.16. The lowest BCUT2D eigenvalue weighted by molar-refractivity contribution is 0.0938. The van der Waals surface area contributed by atoms with E-state index >= 15 is 0 Å². The number of anilines is 1. The maximum absolute atomic E-state index is 12.1. The SMILES string of the molecule is CCNc1cnc(C(C)C)nc1C(=O)NC(C)C. The molecule has 18 heavy (non-hydrogen) atoms. The number of nitrogens with one attached hydrogen (secondary N) is 2. The van der Waals surface area contributed by atoms with Gasteiger partial charge in [0.2, 0.25) is 0 Å². The number of carbonyl (C=O) groups is 1. The number of aromatic nitrogens is 2. The zero-order valence-electron chi connectivity index (χ0n) is 11.7. The molecule has 0 radical (unpaired) electrons. The summed E-state index contributed by atoms with van der Waals surface area (Å²) >= 11 is 0. The van der Waals surface area contributed by atoms with Gasteiger partial charge in [0, 0.05) is 18.5 Å². The predicted octanol–water partition coefficient (Wildman–Crippen LogP) is 2.17. The van der Waals surface area contributed by atoms with Crippen LogP contribution >= 0.6 is 0 Å². The van der Waals surface area contributed by atoms with Crippen LogP contribution in [0.1, 0.15) is 56.8 Å². The first-order valence-corrected chi connectivity index (χ1v) is 6.37. The minimum absolute atomic E-state index is 0.0874. The molecule has 0 aliphatic heterocycles. The summed E-state index contributed by atoms with van der Waals surface area (Å²) < 4.78 is 0. The Morgan fingerprint density at radius 1 is 1.33 bits per heavy atom. The van der Waals surface area contributed by atoms with Gasteiger partial charge in [-0.15, -0.1) is 0 Å². The Hall–Kier alpha value is -1.65. The first-order chi connectivity index (χ1) is 8.45. The summed E-state index contributed by atoms with van der Waals surface area (Å²) in [6.45, 7) is 10.6. The molecule has 2 N–H and O–H groups in total. The molecule has 0 saturated carbocycles. The highest BCUT2D eigenvalue weighted by atomic mass is 16.1. The van der Waals surface area contributed by atoms with E-state index in [0.29, 0.717) is 17.2 Å². The molecular formula is C13H22N4O. The number of hydrogen-bond acceptors (Lipinski definition) is 4. The molecule has 1 aromatic rings. The normalized spacial score (nSPS) is 10.8. The average Bonchev–Trinajstić information content (AvgIpc) is 2.28. The third kappa shape index (κ3) is 3.68. The second-order valence-corrected chi connectivity index (χ2v) is 4.80. The molecule has 5 nitrogen and oxygen atoms in total. The number of nitrogens with zero attached hydrogens (tertiary/aromatic N) is 2. The fourth-order valence-electron chi connectivity index (χ4n) is 1.50. The zero-order chi connectivity index (χ0) is 13.7. The molecule has 0 fully saturated rings. The smallest absolute Gasteiger partial charge is 0.272 e. The second-order valence-electron chi connectivity index (χ2n) is 4.80. The maximum atomic E-state index is 12.1. The first-order valence-electron chi connectivity index (χ1n) is 6.37. The van der Waals surface area contributed by atoms with Crippen molar-refractivity contribution in [2.45, 2.75) is 46.6 Å². The monoisotopic (exact) mass is 250 g/mol. The Bertz CT molecular complexity index is 415. The molecule has 100 valence electrons. The topological polar surface area (TPSA) is 66.9 Å². The molecule has 1 rings (SSSR count). The summed E-state index contributed by atoms with van der Waals surface area (Å²) in [6, 6.07) is 0.0874. The van der Waals surface area contributed by atoms with E-state index in [9.17, 15) is 4.79 Å². The molecule has 0 aliphatic carbocycles. The van der Waals surface area contributed by atoms with Gasteiger partial charge in [0.05, 0.1) is 11.9 Å². The highest BCUT2D eigenvalue weighted by molar-refractivity contribution is 5.97. The molecule has 0 aliphatic rings. The minimum Gasteiger partial charge on any atom is -0.382 e. The molecule has 0 atom stereocenters. The summed E-state index contributed by atoms with van der Waals surface area (Å²) in [6.07, 6.45) is 1.68. The van der Waals surface area contributed by atoms with E-state index < -0.39 is 0 Å². The van der Waals surface area contributed by atoms with Crippen molar-refractivity contribution in [2.75, 3.05) is 11.9 Å². The molecule has 1 heterocycles. The summed E-state index contributed by atoms with van der Waals surface area (Å²) in [5, 5.41) is 5.97. The van der Waals surface area contributed by atoms with Crippen LogP contribution in [-0.2, 0) is 0 Å². The second kappa shape index (κ2) is 6.33. The molecule has 0 spiro atoms. The summed E-state index contributed by atoms with van der Waals surface area (Å²) in [5.41, 5.74) is 1.10. The van der Waals surface area contributed by atoms with E-state index in [4.69, 9.17) is 0 Å². The van der Waals surface area contributed by atoms with Gasteiger partial charge >= 0.3 is 0 Å². The van der Waals surface area contributed by atoms with Crippen LogP contribution in [0.3, 0.4) is 0 Å². The molecular weight excluding hydrogens is 228 g/mol. The van der Waals surface area contributed by atoms with Crippen LogP contribution < -0.4 is 10.6 Å². The standard InChI is InChI=1S/C13H22N4O/c1-6-14-10-7-15-12(8(2)3)17-11(10)13(18)16-9(4)5/h7-9,14H,6H2,1-5H3,(H,16,18). The summed E-state index contributed by atoms with van der Waals surface area (Å²) in [4.78, 5) is 20.7.